The summed E-state index contributed by atoms with van der Waals surface area (Å²) in [7, 11) is 2.94. The number of aromatic nitrogens is 1. The van der Waals surface area contributed by atoms with Crippen LogP contribution in [0.1, 0.15) is 15.9 Å². The molecule has 1 N–H and O–H groups in total. The molecule has 0 saturated carbocycles. The number of nitrogens with zero attached hydrogens (tertiary/aromatic N) is 1. The van der Waals surface area contributed by atoms with Crippen molar-refractivity contribution in [3.8, 4) is 5.88 Å². The summed E-state index contributed by atoms with van der Waals surface area (Å²) in [4.78, 5) is 15.8. The molecule has 5 heteroatoms. The van der Waals surface area contributed by atoms with Gasteiger partial charge >= 0.3 is 5.97 Å². The molecule has 1 aromatic heterocycles. The van der Waals surface area contributed by atoms with Crippen LogP contribution in [0.5, 0.6) is 5.88 Å². The van der Waals surface area contributed by atoms with E-state index in [1.165, 1.54) is 7.11 Å². The first-order chi connectivity index (χ1) is 9.74. The molecule has 0 amide bonds. The number of hydrogen-bond donors (Lipinski definition) is 1. The zero-order valence-corrected chi connectivity index (χ0v) is 11.4. The number of carbonyl (C=O) groups is 1. The van der Waals surface area contributed by atoms with E-state index < -0.39 is 0 Å². The number of ether oxygens (including phenoxy) is 2. The van der Waals surface area contributed by atoms with Crippen LogP contribution in [0.25, 0.3) is 0 Å². The monoisotopic (exact) mass is 272 g/mol. The molecular formula is C15H16N2O3. The van der Waals surface area contributed by atoms with E-state index in [-0.39, 0.29) is 5.97 Å². The number of hydrogen-bond acceptors (Lipinski definition) is 5. The Hall–Kier alpha value is -2.56. The second-order valence-corrected chi connectivity index (χ2v) is 4.10. The molecule has 0 radical (unpaired) electrons. The molecule has 0 aliphatic heterocycles. The number of esters is 1. The Bertz CT molecular complexity index is 582. The van der Waals surface area contributed by atoms with Crippen LogP contribution in [0.15, 0.2) is 42.6 Å². The maximum atomic E-state index is 11.6. The second kappa shape index (κ2) is 6.56. The molecule has 5 nitrogen and oxygen atoms in total. The minimum absolute atomic E-state index is 0.360. The van der Waals surface area contributed by atoms with E-state index in [9.17, 15) is 4.79 Å². The van der Waals surface area contributed by atoms with E-state index in [1.54, 1.807) is 31.5 Å². The SMILES string of the molecule is COC(=O)c1ccccc1NCc1ccc(OC)nc1. The van der Waals surface area contributed by atoms with E-state index in [0.29, 0.717) is 18.0 Å². The van der Waals surface area contributed by atoms with Crippen LogP contribution in [0.2, 0.25) is 0 Å². The zero-order chi connectivity index (χ0) is 14.4. The van der Waals surface area contributed by atoms with Gasteiger partial charge in [-0.2, -0.15) is 0 Å². The van der Waals surface area contributed by atoms with Crippen LogP contribution in [0.3, 0.4) is 0 Å². The number of pyridine rings is 1. The number of nitrogens with one attached hydrogen (secondary N) is 1. The van der Waals surface area contributed by atoms with Crippen LogP contribution in [0, 0.1) is 0 Å². The van der Waals surface area contributed by atoms with Gasteiger partial charge in [-0.3, -0.25) is 0 Å². The Morgan fingerprint density at radius 1 is 1.20 bits per heavy atom. The van der Waals surface area contributed by atoms with Crippen LogP contribution >= 0.6 is 0 Å². The number of methoxy groups -OCH3 is 2. The molecule has 0 spiro atoms. The minimum Gasteiger partial charge on any atom is -0.481 e. The lowest BCUT2D eigenvalue weighted by atomic mass is 10.1. The van der Waals surface area contributed by atoms with Crippen molar-refractivity contribution in [2.75, 3.05) is 19.5 Å². The fourth-order valence-electron chi connectivity index (χ4n) is 1.76. The maximum Gasteiger partial charge on any atom is 0.339 e. The quantitative estimate of drug-likeness (QED) is 0.847. The standard InChI is InChI=1S/C15H16N2O3/c1-19-14-8-7-11(10-17-14)9-16-13-6-4-3-5-12(13)15(18)20-2/h3-8,10,16H,9H2,1-2H3. The summed E-state index contributed by atoms with van der Waals surface area (Å²) in [6.07, 6.45) is 1.73. The first kappa shape index (κ1) is 13.9. The van der Waals surface area contributed by atoms with E-state index in [4.69, 9.17) is 9.47 Å². The lowest BCUT2D eigenvalue weighted by Gasteiger charge is -2.10. The first-order valence-electron chi connectivity index (χ1n) is 6.14. The van der Waals surface area contributed by atoms with Crippen molar-refractivity contribution in [3.05, 3.63) is 53.7 Å². The molecule has 0 fully saturated rings. The van der Waals surface area contributed by atoms with Crippen LogP contribution < -0.4 is 10.1 Å². The van der Waals surface area contributed by atoms with Gasteiger partial charge in [0.15, 0.2) is 0 Å². The third kappa shape index (κ3) is 3.26. The van der Waals surface area contributed by atoms with Crippen molar-refractivity contribution in [2.45, 2.75) is 6.54 Å². The van der Waals surface area contributed by atoms with E-state index in [1.807, 2.05) is 18.2 Å². The van der Waals surface area contributed by atoms with Crippen molar-refractivity contribution < 1.29 is 14.3 Å². The molecule has 1 aromatic carbocycles. The van der Waals surface area contributed by atoms with Gasteiger partial charge in [-0.05, 0) is 17.7 Å². The molecular weight excluding hydrogens is 256 g/mol. The highest BCUT2D eigenvalue weighted by atomic mass is 16.5. The molecule has 0 aliphatic rings. The highest BCUT2D eigenvalue weighted by Gasteiger charge is 2.10. The van der Waals surface area contributed by atoms with Gasteiger partial charge in [-0.25, -0.2) is 9.78 Å². The molecule has 0 saturated heterocycles. The zero-order valence-electron chi connectivity index (χ0n) is 11.4. The number of carbonyl (C=O) groups excluding carboxylic acids is 1. The minimum atomic E-state index is -0.360. The van der Waals surface area contributed by atoms with Gasteiger partial charge in [-0.1, -0.05) is 18.2 Å². The van der Waals surface area contributed by atoms with Crippen molar-refractivity contribution in [1.29, 1.82) is 0 Å². The van der Waals surface area contributed by atoms with Crippen molar-refractivity contribution in [2.24, 2.45) is 0 Å². The predicted octanol–water partition coefficient (Wildman–Crippen LogP) is 2.49. The smallest absolute Gasteiger partial charge is 0.339 e. The topological polar surface area (TPSA) is 60.5 Å². The van der Waals surface area contributed by atoms with E-state index >= 15 is 0 Å². The predicted molar refractivity (Wildman–Crippen MR) is 75.9 cm³/mol. The van der Waals surface area contributed by atoms with Gasteiger partial charge in [0.05, 0.1) is 19.8 Å². The summed E-state index contributed by atoms with van der Waals surface area (Å²) in [5.41, 5.74) is 2.23. The summed E-state index contributed by atoms with van der Waals surface area (Å²) in [5.74, 6) is 0.213. The average Bonchev–Trinajstić information content (AvgIpc) is 2.53. The van der Waals surface area contributed by atoms with Gasteiger partial charge in [0.2, 0.25) is 5.88 Å². The molecule has 104 valence electrons. The Labute approximate surface area is 117 Å². The molecule has 0 unspecified atom stereocenters. The number of anilines is 1. The Morgan fingerprint density at radius 3 is 2.65 bits per heavy atom. The van der Waals surface area contributed by atoms with E-state index in [0.717, 1.165) is 11.3 Å². The van der Waals surface area contributed by atoms with Crippen LogP contribution in [-0.4, -0.2) is 25.2 Å². The summed E-state index contributed by atoms with van der Waals surface area (Å²) < 4.78 is 9.76. The fraction of sp³-hybridized carbons (Fsp3) is 0.200. The Balaban J connectivity index is 2.08. The fourth-order valence-corrected chi connectivity index (χ4v) is 1.76. The highest BCUT2D eigenvalue weighted by molar-refractivity contribution is 5.95. The van der Waals surface area contributed by atoms with Gasteiger partial charge in [0.25, 0.3) is 0 Å². The summed E-state index contributed by atoms with van der Waals surface area (Å²) >= 11 is 0. The molecule has 20 heavy (non-hydrogen) atoms. The normalized spacial score (nSPS) is 9.90. The summed E-state index contributed by atoms with van der Waals surface area (Å²) in [5, 5.41) is 3.20. The molecule has 1 heterocycles. The lowest BCUT2D eigenvalue weighted by molar-refractivity contribution is 0.0602. The molecule has 0 bridgehead atoms. The van der Waals surface area contributed by atoms with Gasteiger partial charge in [-0.15, -0.1) is 0 Å². The Morgan fingerprint density at radius 2 is 2.00 bits per heavy atom. The number of rotatable bonds is 5. The molecule has 2 rings (SSSR count). The Kier molecular flexibility index (Phi) is 4.55. The van der Waals surface area contributed by atoms with Crippen LogP contribution in [-0.2, 0) is 11.3 Å². The first-order valence-corrected chi connectivity index (χ1v) is 6.14. The van der Waals surface area contributed by atoms with Crippen molar-refractivity contribution in [3.63, 3.8) is 0 Å². The number of benzene rings is 1. The summed E-state index contributed by atoms with van der Waals surface area (Å²) in [6, 6.07) is 10.9. The molecule has 2 aromatic rings. The molecule has 0 aliphatic carbocycles. The lowest BCUT2D eigenvalue weighted by Crippen LogP contribution is -2.08. The van der Waals surface area contributed by atoms with Gasteiger partial charge in [0.1, 0.15) is 0 Å². The summed E-state index contributed by atoms with van der Waals surface area (Å²) in [6.45, 7) is 0.561. The van der Waals surface area contributed by atoms with Crippen molar-refractivity contribution >= 4 is 11.7 Å². The highest BCUT2D eigenvalue weighted by Crippen LogP contribution is 2.17. The van der Waals surface area contributed by atoms with Gasteiger partial charge in [0, 0.05) is 24.5 Å². The van der Waals surface area contributed by atoms with Crippen LogP contribution in [0.4, 0.5) is 5.69 Å². The van der Waals surface area contributed by atoms with Gasteiger partial charge < -0.3 is 14.8 Å². The second-order valence-electron chi connectivity index (χ2n) is 4.10. The number of para-hydroxylation sites is 1. The third-order valence-electron chi connectivity index (χ3n) is 2.82. The van der Waals surface area contributed by atoms with E-state index in [2.05, 4.69) is 10.3 Å². The average molecular weight is 272 g/mol. The molecule has 0 atom stereocenters. The third-order valence-corrected chi connectivity index (χ3v) is 2.82. The maximum absolute atomic E-state index is 11.6. The van der Waals surface area contributed by atoms with Crippen molar-refractivity contribution in [1.82, 2.24) is 4.98 Å². The largest absolute Gasteiger partial charge is 0.481 e.